The highest BCUT2D eigenvalue weighted by atomic mass is 79.9. The third-order valence-corrected chi connectivity index (χ3v) is 3.71. The molecule has 100 valence electrons. The summed E-state index contributed by atoms with van der Waals surface area (Å²) in [7, 11) is 0. The minimum absolute atomic E-state index is 0.111. The van der Waals surface area contributed by atoms with Crippen LogP contribution in [0.25, 0.3) is 0 Å². The quantitative estimate of drug-likeness (QED) is 0.779. The van der Waals surface area contributed by atoms with Crippen LogP contribution in [0.15, 0.2) is 53.0 Å². The Morgan fingerprint density at radius 1 is 1.16 bits per heavy atom. The Morgan fingerprint density at radius 3 is 2.58 bits per heavy atom. The third kappa shape index (κ3) is 4.30. The second kappa shape index (κ2) is 7.04. The second-order valence-electron chi connectivity index (χ2n) is 4.24. The number of rotatable bonds is 5. The molecule has 0 saturated heterocycles. The molecule has 1 nitrogen and oxygen atoms in total. The maximum Gasteiger partial charge on any atom is 0.128 e. The average Bonchev–Trinajstić information content (AvgIpc) is 2.42. The predicted octanol–water partition coefficient (Wildman–Crippen LogP) is 4.66. The van der Waals surface area contributed by atoms with Gasteiger partial charge in [0, 0.05) is 23.1 Å². The molecular weight excluding hydrogens is 329 g/mol. The topological polar surface area (TPSA) is 12.0 Å². The zero-order chi connectivity index (χ0) is 13.7. The molecule has 0 amide bonds. The molecule has 2 aromatic carbocycles. The van der Waals surface area contributed by atoms with Gasteiger partial charge in [-0.25, -0.2) is 4.39 Å². The maximum absolute atomic E-state index is 13.6. The molecule has 0 aromatic heterocycles. The molecule has 2 aromatic rings. The summed E-state index contributed by atoms with van der Waals surface area (Å²) < 4.78 is 14.3. The lowest BCUT2D eigenvalue weighted by Crippen LogP contribution is -2.19. The van der Waals surface area contributed by atoms with Crippen molar-refractivity contribution in [3.05, 3.63) is 69.9 Å². The van der Waals surface area contributed by atoms with E-state index in [9.17, 15) is 4.39 Å². The molecular formula is C15H14BrClFN. The van der Waals surface area contributed by atoms with Gasteiger partial charge in [0.25, 0.3) is 0 Å². The van der Waals surface area contributed by atoms with E-state index >= 15 is 0 Å². The Kier molecular flexibility index (Phi) is 5.37. The van der Waals surface area contributed by atoms with E-state index < -0.39 is 0 Å². The molecule has 1 atom stereocenters. The highest BCUT2D eigenvalue weighted by molar-refractivity contribution is 9.10. The largest absolute Gasteiger partial charge is 0.311 e. The smallest absolute Gasteiger partial charge is 0.128 e. The minimum Gasteiger partial charge on any atom is -0.311 e. The van der Waals surface area contributed by atoms with Crippen LogP contribution in [0.4, 0.5) is 4.39 Å². The summed E-state index contributed by atoms with van der Waals surface area (Å²) in [6.07, 6.45) is 0. The van der Waals surface area contributed by atoms with E-state index in [0.29, 0.717) is 18.7 Å². The Morgan fingerprint density at radius 2 is 1.89 bits per heavy atom. The van der Waals surface area contributed by atoms with Crippen molar-refractivity contribution in [2.45, 2.75) is 11.9 Å². The van der Waals surface area contributed by atoms with Crippen LogP contribution in [0, 0.1) is 5.82 Å². The van der Waals surface area contributed by atoms with Crippen molar-refractivity contribution in [2.75, 3.05) is 6.54 Å². The first-order chi connectivity index (χ1) is 9.16. The van der Waals surface area contributed by atoms with Gasteiger partial charge in [-0.2, -0.15) is 0 Å². The van der Waals surface area contributed by atoms with E-state index in [4.69, 9.17) is 11.6 Å². The zero-order valence-electron chi connectivity index (χ0n) is 10.2. The van der Waals surface area contributed by atoms with E-state index in [1.807, 2.05) is 36.4 Å². The minimum atomic E-state index is -0.215. The highest BCUT2D eigenvalue weighted by Crippen LogP contribution is 2.19. The Balaban J connectivity index is 1.86. The molecule has 0 saturated carbocycles. The van der Waals surface area contributed by atoms with Crippen LogP contribution < -0.4 is 5.32 Å². The first-order valence-electron chi connectivity index (χ1n) is 6.00. The molecule has 0 aliphatic heterocycles. The first kappa shape index (κ1) is 14.5. The summed E-state index contributed by atoms with van der Waals surface area (Å²) >= 11 is 9.51. The van der Waals surface area contributed by atoms with Gasteiger partial charge in [-0.1, -0.05) is 52.3 Å². The second-order valence-corrected chi connectivity index (χ2v) is 5.69. The molecule has 0 radical (unpaired) electrons. The van der Waals surface area contributed by atoms with Crippen molar-refractivity contribution in [2.24, 2.45) is 0 Å². The molecule has 19 heavy (non-hydrogen) atoms. The third-order valence-electron chi connectivity index (χ3n) is 2.82. The van der Waals surface area contributed by atoms with E-state index in [0.717, 1.165) is 10.0 Å². The van der Waals surface area contributed by atoms with E-state index in [-0.39, 0.29) is 11.2 Å². The lowest BCUT2D eigenvalue weighted by molar-refractivity contribution is 0.585. The monoisotopic (exact) mass is 341 g/mol. The van der Waals surface area contributed by atoms with E-state index in [2.05, 4.69) is 21.2 Å². The lowest BCUT2D eigenvalue weighted by Gasteiger charge is -2.11. The van der Waals surface area contributed by atoms with Gasteiger partial charge in [0.1, 0.15) is 5.82 Å². The van der Waals surface area contributed by atoms with Gasteiger partial charge in [0.2, 0.25) is 0 Å². The Bertz CT molecular complexity index is 533. The number of hydrogen-bond donors (Lipinski definition) is 1. The number of benzene rings is 2. The van der Waals surface area contributed by atoms with Gasteiger partial charge in [-0.15, -0.1) is 11.6 Å². The molecule has 0 aliphatic rings. The predicted molar refractivity (Wildman–Crippen MR) is 80.8 cm³/mol. The normalized spacial score (nSPS) is 12.4. The zero-order valence-corrected chi connectivity index (χ0v) is 12.6. The molecule has 2 rings (SSSR count). The van der Waals surface area contributed by atoms with Crippen LogP contribution in [0.3, 0.4) is 0 Å². The van der Waals surface area contributed by atoms with Crippen LogP contribution >= 0.6 is 27.5 Å². The summed E-state index contributed by atoms with van der Waals surface area (Å²) in [6, 6.07) is 14.9. The fourth-order valence-corrected chi connectivity index (χ4v) is 2.37. The van der Waals surface area contributed by atoms with Gasteiger partial charge in [0.15, 0.2) is 0 Å². The van der Waals surface area contributed by atoms with Crippen LogP contribution in [0.2, 0.25) is 0 Å². The Labute approximate surface area is 125 Å². The van der Waals surface area contributed by atoms with Gasteiger partial charge < -0.3 is 5.32 Å². The first-order valence-corrected chi connectivity index (χ1v) is 7.23. The van der Waals surface area contributed by atoms with Crippen molar-refractivity contribution in [3.8, 4) is 0 Å². The van der Waals surface area contributed by atoms with E-state index in [1.165, 1.54) is 6.07 Å². The average molecular weight is 343 g/mol. The van der Waals surface area contributed by atoms with Crippen molar-refractivity contribution in [1.29, 1.82) is 0 Å². The van der Waals surface area contributed by atoms with Gasteiger partial charge in [-0.05, 0) is 17.7 Å². The van der Waals surface area contributed by atoms with Crippen LogP contribution in [0.1, 0.15) is 16.5 Å². The van der Waals surface area contributed by atoms with Crippen molar-refractivity contribution in [1.82, 2.24) is 5.32 Å². The highest BCUT2D eigenvalue weighted by Gasteiger charge is 2.07. The number of nitrogens with one attached hydrogen (secondary N) is 1. The fraction of sp³-hybridized carbons (Fsp3) is 0.200. The summed E-state index contributed by atoms with van der Waals surface area (Å²) in [5, 5.41) is 3.06. The lowest BCUT2D eigenvalue weighted by atomic mass is 10.1. The molecule has 0 spiro atoms. The molecule has 0 fully saturated rings. The molecule has 4 heteroatoms. The molecule has 1 unspecified atom stereocenters. The summed E-state index contributed by atoms with van der Waals surface area (Å²) in [4.78, 5) is 0. The summed E-state index contributed by atoms with van der Waals surface area (Å²) in [6.45, 7) is 1.07. The fourth-order valence-electron chi connectivity index (χ4n) is 1.78. The van der Waals surface area contributed by atoms with Crippen molar-refractivity contribution < 1.29 is 4.39 Å². The summed E-state index contributed by atoms with van der Waals surface area (Å²) in [5.74, 6) is -0.215. The number of halogens is 3. The SMILES string of the molecule is Fc1cc(Br)ccc1CNCC(Cl)c1ccccc1. The Hall–Kier alpha value is -0.900. The standard InChI is InChI=1S/C15H14BrClFN/c16-13-7-6-12(15(18)8-13)9-19-10-14(17)11-4-2-1-3-5-11/h1-8,14,19H,9-10H2. The van der Waals surface area contributed by atoms with Gasteiger partial charge in [-0.3, -0.25) is 0 Å². The van der Waals surface area contributed by atoms with Gasteiger partial charge >= 0.3 is 0 Å². The van der Waals surface area contributed by atoms with Crippen molar-refractivity contribution in [3.63, 3.8) is 0 Å². The molecule has 0 heterocycles. The maximum atomic E-state index is 13.6. The molecule has 0 bridgehead atoms. The summed E-state index contributed by atoms with van der Waals surface area (Å²) in [5.41, 5.74) is 1.70. The molecule has 0 aliphatic carbocycles. The van der Waals surface area contributed by atoms with Crippen molar-refractivity contribution >= 4 is 27.5 Å². The number of alkyl halides is 1. The van der Waals surface area contributed by atoms with Gasteiger partial charge in [0.05, 0.1) is 5.38 Å². The van der Waals surface area contributed by atoms with Crippen LogP contribution in [-0.4, -0.2) is 6.54 Å². The van der Waals surface area contributed by atoms with Crippen LogP contribution in [0.5, 0.6) is 0 Å². The van der Waals surface area contributed by atoms with E-state index in [1.54, 1.807) is 6.07 Å². The van der Waals surface area contributed by atoms with Crippen LogP contribution in [-0.2, 0) is 6.54 Å². The number of hydrogen-bond acceptors (Lipinski definition) is 1. The molecule has 1 N–H and O–H groups in total.